The Labute approximate surface area is 122 Å². The van der Waals surface area contributed by atoms with Crippen LogP contribution in [-0.2, 0) is 0 Å². The minimum atomic E-state index is -1.46. The topological polar surface area (TPSA) is 69.4 Å². The fourth-order valence-electron chi connectivity index (χ4n) is 1.90. The number of methoxy groups -OCH3 is 1. The third-order valence-electron chi connectivity index (χ3n) is 2.89. The van der Waals surface area contributed by atoms with Gasteiger partial charge in [-0.05, 0) is 12.1 Å². The molecule has 0 saturated carbocycles. The summed E-state index contributed by atoms with van der Waals surface area (Å²) >= 11 is 0. The highest BCUT2D eigenvalue weighted by Crippen LogP contribution is 2.28. The van der Waals surface area contributed by atoms with Crippen LogP contribution in [0.2, 0.25) is 0 Å². The maximum Gasteiger partial charge on any atom is 0.275 e. The van der Waals surface area contributed by atoms with E-state index in [9.17, 15) is 28.1 Å². The van der Waals surface area contributed by atoms with Crippen LogP contribution in [-0.4, -0.2) is 17.8 Å². The standard InChI is InChI=1S/C14H8F3NO4/c1-22-11-4-2-3-8(15)13(11)14(19)12-9(16)5-7(18(20)21)6-10(12)17/h2-6H,1H3. The Kier molecular flexibility index (Phi) is 4.11. The third-order valence-corrected chi connectivity index (χ3v) is 2.89. The molecule has 0 aliphatic heterocycles. The first-order valence-electron chi connectivity index (χ1n) is 5.87. The second-order valence-electron chi connectivity index (χ2n) is 4.19. The first-order chi connectivity index (χ1) is 10.4. The maximum absolute atomic E-state index is 13.8. The quantitative estimate of drug-likeness (QED) is 0.494. The molecule has 0 radical (unpaired) electrons. The number of hydrogen-bond acceptors (Lipinski definition) is 4. The van der Waals surface area contributed by atoms with E-state index in [1.54, 1.807) is 0 Å². The molecular formula is C14H8F3NO4. The fraction of sp³-hybridized carbons (Fsp3) is 0.0714. The van der Waals surface area contributed by atoms with Gasteiger partial charge in [-0.1, -0.05) is 6.07 Å². The summed E-state index contributed by atoms with van der Waals surface area (Å²) in [7, 11) is 1.16. The summed E-state index contributed by atoms with van der Waals surface area (Å²) in [6.07, 6.45) is 0. The lowest BCUT2D eigenvalue weighted by atomic mass is 10.0. The van der Waals surface area contributed by atoms with Gasteiger partial charge in [-0.25, -0.2) is 13.2 Å². The van der Waals surface area contributed by atoms with Gasteiger partial charge in [-0.3, -0.25) is 14.9 Å². The number of carbonyl (C=O) groups is 1. The highest BCUT2D eigenvalue weighted by Gasteiger charge is 2.27. The molecule has 22 heavy (non-hydrogen) atoms. The Bertz CT molecular complexity index is 754. The van der Waals surface area contributed by atoms with E-state index in [2.05, 4.69) is 0 Å². The van der Waals surface area contributed by atoms with Gasteiger partial charge in [0.25, 0.3) is 5.69 Å². The molecule has 0 aliphatic carbocycles. The summed E-state index contributed by atoms with van der Waals surface area (Å²) in [6.45, 7) is 0. The lowest BCUT2D eigenvalue weighted by Crippen LogP contribution is -2.12. The molecule has 0 bridgehead atoms. The largest absolute Gasteiger partial charge is 0.496 e. The predicted molar refractivity (Wildman–Crippen MR) is 69.4 cm³/mol. The van der Waals surface area contributed by atoms with Crippen molar-refractivity contribution in [3.05, 3.63) is 69.0 Å². The van der Waals surface area contributed by atoms with Crippen molar-refractivity contribution >= 4 is 11.5 Å². The molecule has 0 amide bonds. The minimum Gasteiger partial charge on any atom is -0.496 e. The van der Waals surface area contributed by atoms with Gasteiger partial charge in [0.05, 0.1) is 29.7 Å². The van der Waals surface area contributed by atoms with Crippen molar-refractivity contribution in [1.82, 2.24) is 0 Å². The zero-order chi connectivity index (χ0) is 16.4. The van der Waals surface area contributed by atoms with Crippen LogP contribution in [0.1, 0.15) is 15.9 Å². The van der Waals surface area contributed by atoms with Crippen molar-refractivity contribution in [1.29, 1.82) is 0 Å². The highest BCUT2D eigenvalue weighted by molar-refractivity contribution is 6.11. The average Bonchev–Trinajstić information content (AvgIpc) is 2.45. The molecule has 0 aliphatic rings. The number of carbonyl (C=O) groups excluding carboxylic acids is 1. The number of benzene rings is 2. The van der Waals surface area contributed by atoms with Crippen LogP contribution in [0.15, 0.2) is 30.3 Å². The second-order valence-corrected chi connectivity index (χ2v) is 4.19. The Morgan fingerprint density at radius 1 is 1.09 bits per heavy atom. The van der Waals surface area contributed by atoms with Crippen LogP contribution >= 0.6 is 0 Å². The van der Waals surface area contributed by atoms with E-state index < -0.39 is 45.0 Å². The minimum absolute atomic E-state index is 0.206. The number of nitro groups is 1. The van der Waals surface area contributed by atoms with Gasteiger partial charge in [0.15, 0.2) is 0 Å². The normalized spacial score (nSPS) is 10.4. The summed E-state index contributed by atoms with van der Waals surface area (Å²) in [5, 5.41) is 10.5. The third kappa shape index (κ3) is 2.62. The van der Waals surface area contributed by atoms with Crippen molar-refractivity contribution in [2.45, 2.75) is 0 Å². The lowest BCUT2D eigenvalue weighted by Gasteiger charge is -2.09. The zero-order valence-electron chi connectivity index (χ0n) is 11.1. The summed E-state index contributed by atoms with van der Waals surface area (Å²) in [5.41, 5.74) is -2.60. The molecule has 2 rings (SSSR count). The molecule has 0 aromatic heterocycles. The molecule has 0 N–H and O–H groups in total. The van der Waals surface area contributed by atoms with Crippen LogP contribution in [0.4, 0.5) is 18.9 Å². The van der Waals surface area contributed by atoms with Crippen molar-refractivity contribution in [2.24, 2.45) is 0 Å². The van der Waals surface area contributed by atoms with Crippen LogP contribution in [0.5, 0.6) is 5.75 Å². The smallest absolute Gasteiger partial charge is 0.275 e. The van der Waals surface area contributed by atoms with Crippen molar-refractivity contribution in [2.75, 3.05) is 7.11 Å². The van der Waals surface area contributed by atoms with E-state index >= 15 is 0 Å². The van der Waals surface area contributed by atoms with Crippen molar-refractivity contribution in [3.8, 4) is 5.75 Å². The van der Waals surface area contributed by atoms with Crippen molar-refractivity contribution in [3.63, 3.8) is 0 Å². The van der Waals surface area contributed by atoms with E-state index in [4.69, 9.17) is 4.74 Å². The molecule has 5 nitrogen and oxygen atoms in total. The van der Waals surface area contributed by atoms with Crippen LogP contribution in [0.25, 0.3) is 0 Å². The van der Waals surface area contributed by atoms with E-state index in [1.165, 1.54) is 12.1 Å². The molecule has 0 fully saturated rings. The average molecular weight is 311 g/mol. The maximum atomic E-state index is 13.8. The summed E-state index contributed by atoms with van der Waals surface area (Å²) in [5.74, 6) is -5.45. The van der Waals surface area contributed by atoms with Crippen molar-refractivity contribution < 1.29 is 27.6 Å². The first-order valence-corrected chi connectivity index (χ1v) is 5.87. The number of hydrogen-bond donors (Lipinski definition) is 0. The van der Waals surface area contributed by atoms with Gasteiger partial charge in [0.2, 0.25) is 5.78 Å². The summed E-state index contributed by atoms with van der Waals surface area (Å²) in [6, 6.07) is 4.22. The highest BCUT2D eigenvalue weighted by atomic mass is 19.1. The number of nitrogens with zero attached hydrogens (tertiary/aromatic N) is 1. The summed E-state index contributed by atoms with van der Waals surface area (Å²) in [4.78, 5) is 21.7. The van der Waals surface area contributed by atoms with Gasteiger partial charge in [0.1, 0.15) is 28.8 Å². The van der Waals surface area contributed by atoms with E-state index in [0.717, 1.165) is 13.2 Å². The zero-order valence-corrected chi connectivity index (χ0v) is 11.1. The van der Waals surface area contributed by atoms with Gasteiger partial charge in [-0.15, -0.1) is 0 Å². The lowest BCUT2D eigenvalue weighted by molar-refractivity contribution is -0.385. The van der Waals surface area contributed by atoms with E-state index in [-0.39, 0.29) is 5.75 Å². The Balaban J connectivity index is 2.63. The van der Waals surface area contributed by atoms with Gasteiger partial charge >= 0.3 is 0 Å². The van der Waals surface area contributed by atoms with Crippen LogP contribution in [0, 0.1) is 27.6 Å². The first kappa shape index (κ1) is 15.5. The molecule has 0 saturated heterocycles. The summed E-state index contributed by atoms with van der Waals surface area (Å²) < 4.78 is 46.3. The Morgan fingerprint density at radius 2 is 1.68 bits per heavy atom. The van der Waals surface area contributed by atoms with Crippen LogP contribution in [0.3, 0.4) is 0 Å². The molecular weight excluding hydrogens is 303 g/mol. The second kappa shape index (κ2) is 5.84. The fourth-order valence-corrected chi connectivity index (χ4v) is 1.90. The number of ketones is 1. The number of non-ortho nitro benzene ring substituents is 1. The van der Waals surface area contributed by atoms with E-state index in [0.29, 0.717) is 12.1 Å². The molecule has 0 heterocycles. The Hall–Kier alpha value is -2.90. The molecule has 0 atom stereocenters. The van der Waals surface area contributed by atoms with E-state index in [1.807, 2.05) is 0 Å². The molecule has 0 unspecified atom stereocenters. The SMILES string of the molecule is COc1cccc(F)c1C(=O)c1c(F)cc([N+](=O)[O-])cc1F. The predicted octanol–water partition coefficient (Wildman–Crippen LogP) is 3.25. The number of nitro benzene ring substituents is 1. The number of ether oxygens (including phenoxy) is 1. The van der Waals surface area contributed by atoms with Gasteiger partial charge in [0, 0.05) is 0 Å². The van der Waals surface area contributed by atoms with Crippen LogP contribution < -0.4 is 4.74 Å². The molecule has 0 spiro atoms. The Morgan fingerprint density at radius 3 is 2.18 bits per heavy atom. The molecule has 8 heteroatoms. The van der Waals surface area contributed by atoms with Gasteiger partial charge < -0.3 is 4.74 Å². The molecule has 2 aromatic rings. The number of halogens is 3. The molecule has 114 valence electrons. The monoisotopic (exact) mass is 311 g/mol. The van der Waals surface area contributed by atoms with Gasteiger partial charge in [-0.2, -0.15) is 0 Å². The molecule has 2 aromatic carbocycles. The number of rotatable bonds is 4.